The van der Waals surface area contributed by atoms with Crippen LogP contribution in [-0.2, 0) is 19.2 Å². The van der Waals surface area contributed by atoms with Gasteiger partial charge in [-0.1, -0.05) is 48.5 Å². The molecule has 46 heavy (non-hydrogen) atoms. The second kappa shape index (κ2) is 13.6. The molecule has 4 rings (SSSR count). The number of nitrogens with two attached hydrogens (primary N) is 2. The molecule has 0 heterocycles. The van der Waals surface area contributed by atoms with Crippen LogP contribution in [0, 0.1) is 0 Å². The SMILES string of the molecule is CC(=O)Oc1cc(-c2ccc(-c3ccc(-c4cc(OC(C)=O)c(C(N)=O)c(OC(C)=O)c4)cc3)cc2)cc(OC(C)=O)c1C(N)=O. The molecule has 2 amide bonds. The molecule has 4 aromatic rings. The van der Waals surface area contributed by atoms with Crippen molar-refractivity contribution in [2.45, 2.75) is 27.7 Å². The van der Waals surface area contributed by atoms with Crippen molar-refractivity contribution in [3.8, 4) is 56.4 Å². The van der Waals surface area contributed by atoms with Crippen LogP contribution in [-0.4, -0.2) is 35.7 Å². The Labute approximate surface area is 262 Å². The zero-order valence-corrected chi connectivity index (χ0v) is 25.2. The summed E-state index contributed by atoms with van der Waals surface area (Å²) < 4.78 is 20.8. The summed E-state index contributed by atoms with van der Waals surface area (Å²) in [5.74, 6) is -5.24. The molecule has 4 N–H and O–H groups in total. The summed E-state index contributed by atoms with van der Waals surface area (Å²) in [6.07, 6.45) is 0. The second-order valence-electron chi connectivity index (χ2n) is 9.95. The van der Waals surface area contributed by atoms with Crippen molar-refractivity contribution in [3.05, 3.63) is 83.9 Å². The Morgan fingerprint density at radius 2 is 0.587 bits per heavy atom. The lowest BCUT2D eigenvalue weighted by Crippen LogP contribution is -2.17. The minimum absolute atomic E-state index is 0.147. The van der Waals surface area contributed by atoms with Crippen LogP contribution in [0.1, 0.15) is 48.4 Å². The van der Waals surface area contributed by atoms with Crippen LogP contribution < -0.4 is 30.4 Å². The van der Waals surface area contributed by atoms with Gasteiger partial charge in [0.25, 0.3) is 11.8 Å². The predicted octanol–water partition coefficient (Wildman–Crippen LogP) is 4.59. The van der Waals surface area contributed by atoms with Crippen LogP contribution in [0.5, 0.6) is 23.0 Å². The molecule has 0 aliphatic carbocycles. The Bertz CT molecular complexity index is 1680. The van der Waals surface area contributed by atoms with Gasteiger partial charge >= 0.3 is 23.9 Å². The van der Waals surface area contributed by atoms with Crippen LogP contribution in [0.2, 0.25) is 0 Å². The molecule has 12 heteroatoms. The van der Waals surface area contributed by atoms with E-state index >= 15 is 0 Å². The van der Waals surface area contributed by atoms with Crippen molar-refractivity contribution in [1.29, 1.82) is 0 Å². The number of carbonyl (C=O) groups is 6. The molecule has 0 unspecified atom stereocenters. The summed E-state index contributed by atoms with van der Waals surface area (Å²) in [7, 11) is 0. The van der Waals surface area contributed by atoms with E-state index in [4.69, 9.17) is 30.4 Å². The number of esters is 4. The molecule has 0 aromatic heterocycles. The van der Waals surface area contributed by atoms with Gasteiger partial charge in [-0.15, -0.1) is 0 Å². The predicted molar refractivity (Wildman–Crippen MR) is 165 cm³/mol. The molecule has 234 valence electrons. The number of hydrogen-bond acceptors (Lipinski definition) is 10. The lowest BCUT2D eigenvalue weighted by atomic mass is 9.96. The summed E-state index contributed by atoms with van der Waals surface area (Å²) in [6, 6.07) is 20.3. The zero-order valence-electron chi connectivity index (χ0n) is 25.2. The van der Waals surface area contributed by atoms with Gasteiger partial charge in [0.05, 0.1) is 0 Å². The molecule has 12 nitrogen and oxygen atoms in total. The van der Waals surface area contributed by atoms with Crippen molar-refractivity contribution in [2.24, 2.45) is 11.5 Å². The van der Waals surface area contributed by atoms with E-state index in [2.05, 4.69) is 0 Å². The van der Waals surface area contributed by atoms with Gasteiger partial charge in [0.2, 0.25) is 0 Å². The summed E-state index contributed by atoms with van der Waals surface area (Å²) in [6.45, 7) is 4.65. The number of rotatable bonds is 9. The van der Waals surface area contributed by atoms with E-state index < -0.39 is 35.7 Å². The largest absolute Gasteiger partial charge is 0.426 e. The minimum atomic E-state index is -0.938. The number of carbonyl (C=O) groups excluding carboxylic acids is 6. The van der Waals surface area contributed by atoms with E-state index in [1.165, 1.54) is 24.3 Å². The quantitative estimate of drug-likeness (QED) is 0.197. The first-order chi connectivity index (χ1) is 21.7. The smallest absolute Gasteiger partial charge is 0.308 e. The maximum atomic E-state index is 12.1. The van der Waals surface area contributed by atoms with E-state index in [0.717, 1.165) is 38.8 Å². The van der Waals surface area contributed by atoms with E-state index in [1.54, 1.807) is 24.3 Å². The molecule has 0 bridgehead atoms. The lowest BCUT2D eigenvalue weighted by Gasteiger charge is -2.15. The molecule has 0 saturated carbocycles. The van der Waals surface area contributed by atoms with Crippen molar-refractivity contribution < 1.29 is 47.7 Å². The average molecular weight is 625 g/mol. The van der Waals surface area contributed by atoms with Gasteiger partial charge < -0.3 is 30.4 Å². The van der Waals surface area contributed by atoms with Crippen LogP contribution in [0.15, 0.2) is 72.8 Å². The van der Waals surface area contributed by atoms with E-state index in [0.29, 0.717) is 22.3 Å². The summed E-state index contributed by atoms with van der Waals surface area (Å²) in [5.41, 5.74) is 14.4. The normalized spacial score (nSPS) is 10.4. The molecular formula is C34H28N2O10. The van der Waals surface area contributed by atoms with E-state index in [-0.39, 0.29) is 34.1 Å². The minimum Gasteiger partial charge on any atom is -0.426 e. The van der Waals surface area contributed by atoms with E-state index in [1.807, 2.05) is 24.3 Å². The van der Waals surface area contributed by atoms with Crippen LogP contribution in [0.25, 0.3) is 33.4 Å². The topological polar surface area (TPSA) is 191 Å². The Kier molecular flexibility index (Phi) is 9.61. The Morgan fingerprint density at radius 3 is 0.761 bits per heavy atom. The van der Waals surface area contributed by atoms with Crippen molar-refractivity contribution in [2.75, 3.05) is 0 Å². The lowest BCUT2D eigenvalue weighted by molar-refractivity contribution is -0.133. The highest BCUT2D eigenvalue weighted by atomic mass is 16.6. The van der Waals surface area contributed by atoms with Gasteiger partial charge in [0.1, 0.15) is 34.1 Å². The molecule has 4 aromatic carbocycles. The molecule has 0 spiro atoms. The Balaban J connectivity index is 1.70. The number of primary amides is 2. The van der Waals surface area contributed by atoms with Gasteiger partial charge in [-0.25, -0.2) is 0 Å². The molecule has 0 atom stereocenters. The third-order valence-corrected chi connectivity index (χ3v) is 6.41. The fourth-order valence-corrected chi connectivity index (χ4v) is 4.65. The Hall–Kier alpha value is -6.30. The third kappa shape index (κ3) is 7.61. The van der Waals surface area contributed by atoms with Gasteiger partial charge in [-0.05, 0) is 57.6 Å². The number of benzene rings is 4. The molecule has 0 aliphatic rings. The van der Waals surface area contributed by atoms with E-state index in [9.17, 15) is 28.8 Å². The molecule has 0 aliphatic heterocycles. The summed E-state index contributed by atoms with van der Waals surface area (Å²) in [4.78, 5) is 71.0. The maximum absolute atomic E-state index is 12.1. The zero-order chi connectivity index (χ0) is 33.7. The first-order valence-corrected chi connectivity index (χ1v) is 13.6. The first-order valence-electron chi connectivity index (χ1n) is 13.6. The second-order valence-corrected chi connectivity index (χ2v) is 9.95. The molecule has 0 radical (unpaired) electrons. The first kappa shape index (κ1) is 32.6. The number of hydrogen-bond donors (Lipinski definition) is 2. The third-order valence-electron chi connectivity index (χ3n) is 6.41. The van der Waals surface area contributed by atoms with Gasteiger partial charge in [0, 0.05) is 27.7 Å². The number of amides is 2. The van der Waals surface area contributed by atoms with Crippen molar-refractivity contribution in [1.82, 2.24) is 0 Å². The standard InChI is InChI=1S/C34H28N2O10/c1-17(37)43-27-13-25(14-28(44-18(2)38)31(27)33(35)41)23-9-5-21(6-10-23)22-7-11-24(12-8-22)26-15-29(45-19(3)39)32(34(36)42)30(16-26)46-20(4)40/h5-16H,1-4H3,(H2,35,41)(H2,36,42). The fourth-order valence-electron chi connectivity index (χ4n) is 4.65. The van der Waals surface area contributed by atoms with Crippen LogP contribution in [0.4, 0.5) is 0 Å². The van der Waals surface area contributed by atoms with Gasteiger partial charge in [-0.2, -0.15) is 0 Å². The molecule has 0 saturated heterocycles. The summed E-state index contributed by atoms with van der Waals surface area (Å²) in [5, 5.41) is 0. The maximum Gasteiger partial charge on any atom is 0.308 e. The highest BCUT2D eigenvalue weighted by molar-refractivity contribution is 6.02. The fraction of sp³-hybridized carbons (Fsp3) is 0.118. The highest BCUT2D eigenvalue weighted by Crippen LogP contribution is 2.38. The van der Waals surface area contributed by atoms with Crippen LogP contribution >= 0.6 is 0 Å². The molecule has 0 fully saturated rings. The number of ether oxygens (including phenoxy) is 4. The Morgan fingerprint density at radius 1 is 0.391 bits per heavy atom. The monoisotopic (exact) mass is 624 g/mol. The van der Waals surface area contributed by atoms with Gasteiger partial charge in [-0.3, -0.25) is 28.8 Å². The van der Waals surface area contributed by atoms with Crippen LogP contribution in [0.3, 0.4) is 0 Å². The average Bonchev–Trinajstić information content (AvgIpc) is 2.95. The molecular weight excluding hydrogens is 596 g/mol. The highest BCUT2D eigenvalue weighted by Gasteiger charge is 2.23. The van der Waals surface area contributed by atoms with Gasteiger partial charge in [0.15, 0.2) is 0 Å². The van der Waals surface area contributed by atoms with Crippen molar-refractivity contribution >= 4 is 35.7 Å². The van der Waals surface area contributed by atoms with Crippen molar-refractivity contribution in [3.63, 3.8) is 0 Å². The summed E-state index contributed by atoms with van der Waals surface area (Å²) >= 11 is 0.